The Morgan fingerprint density at radius 2 is 2.11 bits per heavy atom. The Morgan fingerprint density at radius 1 is 1.47 bits per heavy atom. The molecule has 0 aliphatic heterocycles. The Kier molecular flexibility index (Phi) is 5.46. The van der Waals surface area contributed by atoms with E-state index in [9.17, 15) is 8.42 Å². The first-order valence-corrected chi connectivity index (χ1v) is 8.10. The summed E-state index contributed by atoms with van der Waals surface area (Å²) in [6.45, 7) is 5.62. The van der Waals surface area contributed by atoms with E-state index in [0.717, 1.165) is 12.8 Å². The van der Waals surface area contributed by atoms with Crippen molar-refractivity contribution in [3.63, 3.8) is 0 Å². The van der Waals surface area contributed by atoms with Gasteiger partial charge in [-0.25, -0.2) is 13.1 Å². The molecule has 3 N–H and O–H groups in total. The predicted molar refractivity (Wildman–Crippen MR) is 81.8 cm³/mol. The maximum atomic E-state index is 12.3. The predicted octanol–water partition coefficient (Wildman–Crippen LogP) is 2.10. The third kappa shape index (κ3) is 4.26. The van der Waals surface area contributed by atoms with Crippen molar-refractivity contribution < 1.29 is 8.42 Å². The Morgan fingerprint density at radius 3 is 2.63 bits per heavy atom. The SMILES string of the molecule is CCCC(C)NS(=O)(=O)c1cc(C(N)=S)ccc1C. The van der Waals surface area contributed by atoms with Gasteiger partial charge in [0.1, 0.15) is 4.99 Å². The molecule has 0 radical (unpaired) electrons. The fourth-order valence-corrected chi connectivity index (χ4v) is 3.54. The van der Waals surface area contributed by atoms with Crippen molar-refractivity contribution in [3.05, 3.63) is 29.3 Å². The number of thiocarbonyl (C=S) groups is 1. The van der Waals surface area contributed by atoms with Gasteiger partial charge in [0.2, 0.25) is 10.0 Å². The lowest BCUT2D eigenvalue weighted by atomic mass is 10.1. The van der Waals surface area contributed by atoms with E-state index in [1.165, 1.54) is 6.07 Å². The van der Waals surface area contributed by atoms with Crippen LogP contribution in [0.2, 0.25) is 0 Å². The minimum Gasteiger partial charge on any atom is -0.389 e. The number of rotatable bonds is 6. The fourth-order valence-electron chi connectivity index (χ4n) is 1.86. The second-order valence-corrected chi connectivity index (χ2v) is 6.78. The van der Waals surface area contributed by atoms with E-state index >= 15 is 0 Å². The number of sulfonamides is 1. The Balaban J connectivity index is 3.13. The molecule has 0 aromatic heterocycles. The third-order valence-electron chi connectivity index (χ3n) is 2.84. The quantitative estimate of drug-likeness (QED) is 0.789. The van der Waals surface area contributed by atoms with Crippen LogP contribution in [0.25, 0.3) is 0 Å². The molecule has 0 aliphatic rings. The number of benzene rings is 1. The van der Waals surface area contributed by atoms with Gasteiger partial charge in [0.25, 0.3) is 0 Å². The van der Waals surface area contributed by atoms with Gasteiger partial charge in [-0.2, -0.15) is 0 Å². The fraction of sp³-hybridized carbons (Fsp3) is 0.462. The standard InChI is InChI=1S/C13H20N2O2S2/c1-4-5-10(3)15-19(16,17)12-8-11(13(14)18)7-6-9(12)2/h6-8,10,15H,4-5H2,1-3H3,(H2,14,18). The molecule has 0 aliphatic carbocycles. The van der Waals surface area contributed by atoms with Crippen LogP contribution in [-0.4, -0.2) is 19.4 Å². The van der Waals surface area contributed by atoms with Gasteiger partial charge in [-0.15, -0.1) is 0 Å². The highest BCUT2D eigenvalue weighted by Gasteiger charge is 2.19. The number of hydrogen-bond donors (Lipinski definition) is 2. The molecule has 0 fully saturated rings. The minimum absolute atomic E-state index is 0.0946. The van der Waals surface area contributed by atoms with Crippen LogP contribution in [0.1, 0.15) is 37.8 Å². The van der Waals surface area contributed by atoms with E-state index in [2.05, 4.69) is 4.72 Å². The molecule has 1 aromatic carbocycles. The first kappa shape index (κ1) is 16.1. The monoisotopic (exact) mass is 300 g/mol. The maximum Gasteiger partial charge on any atom is 0.241 e. The molecule has 1 unspecified atom stereocenters. The van der Waals surface area contributed by atoms with E-state index in [1.807, 2.05) is 13.8 Å². The molecule has 0 spiro atoms. The largest absolute Gasteiger partial charge is 0.389 e. The molecule has 0 saturated heterocycles. The summed E-state index contributed by atoms with van der Waals surface area (Å²) < 4.78 is 27.3. The average Bonchev–Trinajstić information content (AvgIpc) is 2.28. The van der Waals surface area contributed by atoms with Gasteiger partial charge < -0.3 is 5.73 Å². The van der Waals surface area contributed by atoms with Crippen LogP contribution in [0.4, 0.5) is 0 Å². The molecular weight excluding hydrogens is 280 g/mol. The van der Waals surface area contributed by atoms with Crippen LogP contribution < -0.4 is 10.5 Å². The molecule has 19 heavy (non-hydrogen) atoms. The van der Waals surface area contributed by atoms with Crippen LogP contribution in [0.3, 0.4) is 0 Å². The van der Waals surface area contributed by atoms with Crippen molar-refractivity contribution in [2.24, 2.45) is 5.73 Å². The van der Waals surface area contributed by atoms with Crippen LogP contribution in [0, 0.1) is 6.92 Å². The third-order valence-corrected chi connectivity index (χ3v) is 4.81. The van der Waals surface area contributed by atoms with Crippen molar-refractivity contribution in [2.75, 3.05) is 0 Å². The molecule has 6 heteroatoms. The van der Waals surface area contributed by atoms with E-state index in [1.54, 1.807) is 19.1 Å². The van der Waals surface area contributed by atoms with Crippen LogP contribution in [0.15, 0.2) is 23.1 Å². The summed E-state index contributed by atoms with van der Waals surface area (Å²) >= 11 is 4.88. The van der Waals surface area contributed by atoms with Crippen molar-refractivity contribution in [3.8, 4) is 0 Å². The number of nitrogens with two attached hydrogens (primary N) is 1. The highest BCUT2D eigenvalue weighted by atomic mass is 32.2. The van der Waals surface area contributed by atoms with Crippen LogP contribution >= 0.6 is 12.2 Å². The highest BCUT2D eigenvalue weighted by molar-refractivity contribution is 7.89. The van der Waals surface area contributed by atoms with Gasteiger partial charge in [0, 0.05) is 11.6 Å². The molecule has 0 bridgehead atoms. The van der Waals surface area contributed by atoms with Crippen molar-refractivity contribution in [1.82, 2.24) is 4.72 Å². The molecule has 0 saturated carbocycles. The Bertz CT molecular complexity index is 568. The summed E-state index contributed by atoms with van der Waals surface area (Å²) in [6.07, 6.45) is 1.73. The summed E-state index contributed by atoms with van der Waals surface area (Å²) in [6, 6.07) is 4.88. The summed E-state index contributed by atoms with van der Waals surface area (Å²) in [5, 5.41) is 0. The number of hydrogen-bond acceptors (Lipinski definition) is 3. The van der Waals surface area contributed by atoms with Gasteiger partial charge in [-0.05, 0) is 31.9 Å². The number of nitrogens with one attached hydrogen (secondary N) is 1. The topological polar surface area (TPSA) is 72.2 Å². The molecule has 4 nitrogen and oxygen atoms in total. The van der Waals surface area contributed by atoms with Crippen LogP contribution in [0.5, 0.6) is 0 Å². The number of aryl methyl sites for hydroxylation is 1. The molecule has 0 heterocycles. The lowest BCUT2D eigenvalue weighted by Gasteiger charge is -2.15. The summed E-state index contributed by atoms with van der Waals surface area (Å²) in [7, 11) is -3.53. The summed E-state index contributed by atoms with van der Waals surface area (Å²) in [4.78, 5) is 0.429. The maximum absolute atomic E-state index is 12.3. The smallest absolute Gasteiger partial charge is 0.241 e. The summed E-state index contributed by atoms with van der Waals surface area (Å²) in [5.74, 6) is 0. The molecule has 106 valence electrons. The van der Waals surface area contributed by atoms with E-state index < -0.39 is 10.0 Å². The first-order chi connectivity index (χ1) is 8.77. The first-order valence-electron chi connectivity index (χ1n) is 6.20. The van der Waals surface area contributed by atoms with Crippen molar-refractivity contribution >= 4 is 27.2 Å². The lowest BCUT2D eigenvalue weighted by Crippen LogP contribution is -2.33. The molecule has 0 amide bonds. The Hall–Kier alpha value is -0.980. The second kappa shape index (κ2) is 6.45. The zero-order valence-electron chi connectivity index (χ0n) is 11.4. The minimum atomic E-state index is -3.53. The normalized spacial score (nSPS) is 13.2. The van der Waals surface area contributed by atoms with Crippen molar-refractivity contribution in [2.45, 2.75) is 44.6 Å². The summed E-state index contributed by atoms with van der Waals surface area (Å²) in [5.41, 5.74) is 6.78. The zero-order valence-corrected chi connectivity index (χ0v) is 13.1. The lowest BCUT2D eigenvalue weighted by molar-refractivity contribution is 0.543. The van der Waals surface area contributed by atoms with Gasteiger partial charge in [-0.3, -0.25) is 0 Å². The Labute approximate surface area is 120 Å². The van der Waals surface area contributed by atoms with E-state index in [4.69, 9.17) is 18.0 Å². The molecule has 1 rings (SSSR count). The van der Waals surface area contributed by atoms with E-state index in [-0.39, 0.29) is 15.9 Å². The van der Waals surface area contributed by atoms with Gasteiger partial charge in [0.15, 0.2) is 0 Å². The molecule has 1 aromatic rings. The average molecular weight is 300 g/mol. The molecule has 1 atom stereocenters. The van der Waals surface area contributed by atoms with E-state index in [0.29, 0.717) is 11.1 Å². The van der Waals surface area contributed by atoms with Crippen LogP contribution in [-0.2, 0) is 10.0 Å². The van der Waals surface area contributed by atoms with Gasteiger partial charge in [-0.1, -0.05) is 37.7 Å². The van der Waals surface area contributed by atoms with Gasteiger partial charge in [0.05, 0.1) is 4.90 Å². The second-order valence-electron chi connectivity index (χ2n) is 4.66. The van der Waals surface area contributed by atoms with Crippen molar-refractivity contribution in [1.29, 1.82) is 0 Å². The highest BCUT2D eigenvalue weighted by Crippen LogP contribution is 2.18. The van der Waals surface area contributed by atoms with Gasteiger partial charge >= 0.3 is 0 Å². The molecular formula is C13H20N2O2S2. The zero-order chi connectivity index (χ0) is 14.6.